The Hall–Kier alpha value is -1.31. The van der Waals surface area contributed by atoms with Crippen molar-refractivity contribution in [3.8, 4) is 0 Å². The van der Waals surface area contributed by atoms with E-state index in [0.717, 1.165) is 19.4 Å². The monoisotopic (exact) mass is 257 g/mol. The van der Waals surface area contributed by atoms with E-state index in [4.69, 9.17) is 0 Å². The highest BCUT2D eigenvalue weighted by Gasteiger charge is 2.45. The molecule has 0 radical (unpaired) electrons. The van der Waals surface area contributed by atoms with E-state index in [0.29, 0.717) is 11.9 Å². The molecule has 1 aromatic rings. The zero-order valence-electron chi connectivity index (χ0n) is 11.8. The molecule has 0 N–H and O–H groups in total. The summed E-state index contributed by atoms with van der Waals surface area (Å²) in [6.45, 7) is 3.12. The number of nitrogens with zero attached hydrogens (tertiary/aromatic N) is 1. The van der Waals surface area contributed by atoms with Gasteiger partial charge in [0.25, 0.3) is 0 Å². The number of hydrogen-bond donors (Lipinski definition) is 0. The molecule has 2 heteroatoms. The first-order valence-electron chi connectivity index (χ1n) is 7.54. The minimum atomic E-state index is -0.177. The lowest BCUT2D eigenvalue weighted by Crippen LogP contribution is -2.39. The second kappa shape index (κ2) is 4.99. The molecule has 2 aliphatic rings. The maximum atomic E-state index is 12.7. The van der Waals surface area contributed by atoms with Gasteiger partial charge in [-0.15, -0.1) is 0 Å². The molecule has 19 heavy (non-hydrogen) atoms. The molecule has 0 bridgehead atoms. The average Bonchev–Trinajstić information content (AvgIpc) is 3.02. The van der Waals surface area contributed by atoms with E-state index in [1.54, 1.807) is 0 Å². The standard InChI is InChI=1S/C17H23NO/c1-17(13-14-7-3-2-4-8-14)11-12-18(16(17)19)15-9-5-6-10-15/h2-4,7-8,15H,5-6,9-13H2,1H3/t17-/m1/s1. The van der Waals surface area contributed by atoms with Gasteiger partial charge in [-0.05, 0) is 31.2 Å². The van der Waals surface area contributed by atoms with Gasteiger partial charge in [0.15, 0.2) is 0 Å². The van der Waals surface area contributed by atoms with Gasteiger partial charge in [-0.3, -0.25) is 4.79 Å². The molecule has 1 saturated carbocycles. The Morgan fingerprint density at radius 3 is 2.58 bits per heavy atom. The van der Waals surface area contributed by atoms with Crippen molar-refractivity contribution >= 4 is 5.91 Å². The number of hydrogen-bond acceptors (Lipinski definition) is 1. The van der Waals surface area contributed by atoms with Gasteiger partial charge in [-0.2, -0.15) is 0 Å². The van der Waals surface area contributed by atoms with E-state index in [1.165, 1.54) is 31.2 Å². The van der Waals surface area contributed by atoms with Crippen LogP contribution in [0, 0.1) is 5.41 Å². The fraction of sp³-hybridized carbons (Fsp3) is 0.588. The topological polar surface area (TPSA) is 20.3 Å². The van der Waals surface area contributed by atoms with Crippen LogP contribution >= 0.6 is 0 Å². The zero-order valence-corrected chi connectivity index (χ0v) is 11.8. The predicted molar refractivity (Wildman–Crippen MR) is 76.8 cm³/mol. The molecule has 1 atom stereocenters. The number of rotatable bonds is 3. The van der Waals surface area contributed by atoms with Crippen LogP contribution < -0.4 is 0 Å². The molecule has 0 spiro atoms. The van der Waals surface area contributed by atoms with Crippen molar-refractivity contribution in [2.75, 3.05) is 6.54 Å². The van der Waals surface area contributed by atoms with Crippen LogP contribution in [0.3, 0.4) is 0 Å². The summed E-state index contributed by atoms with van der Waals surface area (Å²) in [5.41, 5.74) is 1.11. The molecule has 1 saturated heterocycles. The van der Waals surface area contributed by atoms with Crippen molar-refractivity contribution in [3.63, 3.8) is 0 Å². The van der Waals surface area contributed by atoms with E-state index >= 15 is 0 Å². The fourth-order valence-electron chi connectivity index (χ4n) is 3.70. The van der Waals surface area contributed by atoms with E-state index < -0.39 is 0 Å². The van der Waals surface area contributed by atoms with Crippen molar-refractivity contribution in [1.82, 2.24) is 4.90 Å². The molecular weight excluding hydrogens is 234 g/mol. The maximum absolute atomic E-state index is 12.7. The predicted octanol–water partition coefficient (Wildman–Crippen LogP) is 3.41. The van der Waals surface area contributed by atoms with Crippen molar-refractivity contribution in [2.24, 2.45) is 5.41 Å². The molecule has 2 fully saturated rings. The summed E-state index contributed by atoms with van der Waals surface area (Å²) in [5.74, 6) is 0.392. The lowest BCUT2D eigenvalue weighted by molar-refractivity contribution is -0.137. The van der Waals surface area contributed by atoms with E-state index in [-0.39, 0.29) is 5.41 Å². The minimum Gasteiger partial charge on any atom is -0.339 e. The quantitative estimate of drug-likeness (QED) is 0.812. The maximum Gasteiger partial charge on any atom is 0.229 e. The van der Waals surface area contributed by atoms with Gasteiger partial charge in [0.2, 0.25) is 5.91 Å². The summed E-state index contributed by atoms with van der Waals surface area (Å²) >= 11 is 0. The van der Waals surface area contributed by atoms with Gasteiger partial charge in [0.05, 0.1) is 5.41 Å². The van der Waals surface area contributed by atoms with Crippen molar-refractivity contribution in [1.29, 1.82) is 0 Å². The molecule has 0 aromatic heterocycles. The third kappa shape index (κ3) is 2.41. The Morgan fingerprint density at radius 1 is 1.21 bits per heavy atom. The Balaban J connectivity index is 1.73. The lowest BCUT2D eigenvalue weighted by Gasteiger charge is -2.27. The second-order valence-electron chi connectivity index (χ2n) is 6.41. The Labute approximate surface area is 115 Å². The van der Waals surface area contributed by atoms with Crippen molar-refractivity contribution in [2.45, 2.75) is 51.5 Å². The van der Waals surface area contributed by atoms with E-state index in [1.807, 2.05) is 6.07 Å². The third-order valence-corrected chi connectivity index (χ3v) is 4.88. The molecule has 1 aliphatic carbocycles. The molecule has 102 valence electrons. The lowest BCUT2D eigenvalue weighted by atomic mass is 9.82. The van der Waals surface area contributed by atoms with Gasteiger partial charge >= 0.3 is 0 Å². The normalized spacial score (nSPS) is 28.3. The van der Waals surface area contributed by atoms with Gasteiger partial charge in [0, 0.05) is 12.6 Å². The van der Waals surface area contributed by atoms with Crippen LogP contribution in [0.2, 0.25) is 0 Å². The van der Waals surface area contributed by atoms with Gasteiger partial charge in [0.1, 0.15) is 0 Å². The van der Waals surface area contributed by atoms with Crippen LogP contribution in [0.25, 0.3) is 0 Å². The molecule has 1 heterocycles. The SMILES string of the molecule is C[C@]1(Cc2ccccc2)CCN(C2CCCC2)C1=O. The number of carbonyl (C=O) groups is 1. The highest BCUT2D eigenvalue weighted by molar-refractivity contribution is 5.85. The molecule has 2 nitrogen and oxygen atoms in total. The largest absolute Gasteiger partial charge is 0.339 e. The minimum absolute atomic E-state index is 0.177. The zero-order chi connectivity index (χ0) is 13.3. The van der Waals surface area contributed by atoms with Crippen LogP contribution in [0.15, 0.2) is 30.3 Å². The average molecular weight is 257 g/mol. The smallest absolute Gasteiger partial charge is 0.229 e. The second-order valence-corrected chi connectivity index (χ2v) is 6.41. The summed E-state index contributed by atoms with van der Waals surface area (Å²) < 4.78 is 0. The summed E-state index contributed by atoms with van der Waals surface area (Å²) in [5, 5.41) is 0. The van der Waals surface area contributed by atoms with Crippen LogP contribution in [0.5, 0.6) is 0 Å². The summed E-state index contributed by atoms with van der Waals surface area (Å²) in [4.78, 5) is 14.9. The first-order valence-corrected chi connectivity index (χ1v) is 7.54. The van der Waals surface area contributed by atoms with Crippen molar-refractivity contribution < 1.29 is 4.79 Å². The molecule has 1 amide bonds. The number of carbonyl (C=O) groups excluding carboxylic acids is 1. The van der Waals surface area contributed by atoms with Gasteiger partial charge in [-0.1, -0.05) is 50.1 Å². The Morgan fingerprint density at radius 2 is 1.89 bits per heavy atom. The fourth-order valence-corrected chi connectivity index (χ4v) is 3.70. The van der Waals surface area contributed by atoms with Gasteiger partial charge in [-0.25, -0.2) is 0 Å². The summed E-state index contributed by atoms with van der Waals surface area (Å²) in [7, 11) is 0. The number of likely N-dealkylation sites (tertiary alicyclic amines) is 1. The first kappa shape index (κ1) is 12.7. The van der Waals surface area contributed by atoms with Crippen molar-refractivity contribution in [3.05, 3.63) is 35.9 Å². The first-order chi connectivity index (χ1) is 9.19. The highest BCUT2D eigenvalue weighted by atomic mass is 16.2. The van der Waals surface area contributed by atoms with Gasteiger partial charge < -0.3 is 4.90 Å². The molecular formula is C17H23NO. The number of benzene rings is 1. The Bertz CT molecular complexity index is 450. The van der Waals surface area contributed by atoms with E-state index in [2.05, 4.69) is 36.1 Å². The summed E-state index contributed by atoms with van der Waals surface area (Å²) in [6.07, 6.45) is 6.92. The van der Waals surface area contributed by atoms with Crippen LogP contribution in [0.1, 0.15) is 44.6 Å². The van der Waals surface area contributed by atoms with Crippen LogP contribution in [-0.2, 0) is 11.2 Å². The molecule has 0 unspecified atom stereocenters. The summed E-state index contributed by atoms with van der Waals surface area (Å²) in [6, 6.07) is 11.0. The molecule has 1 aliphatic heterocycles. The molecule has 3 rings (SSSR count). The van der Waals surface area contributed by atoms with Crippen LogP contribution in [-0.4, -0.2) is 23.4 Å². The third-order valence-electron chi connectivity index (χ3n) is 4.88. The Kier molecular flexibility index (Phi) is 3.34. The highest BCUT2D eigenvalue weighted by Crippen LogP contribution is 2.38. The van der Waals surface area contributed by atoms with Crippen LogP contribution in [0.4, 0.5) is 0 Å². The van der Waals surface area contributed by atoms with E-state index in [9.17, 15) is 4.79 Å². The molecule has 1 aromatic carbocycles. The number of amides is 1.